The van der Waals surface area contributed by atoms with Gasteiger partial charge in [0.05, 0.1) is 6.10 Å². The van der Waals surface area contributed by atoms with E-state index in [0.29, 0.717) is 6.61 Å². The summed E-state index contributed by atoms with van der Waals surface area (Å²) in [6.45, 7) is 6.21. The van der Waals surface area contributed by atoms with Crippen LogP contribution in [-0.4, -0.2) is 30.1 Å². The molecule has 1 N–H and O–H groups in total. The molecule has 0 aromatic carbocycles. The maximum atomic E-state index is 10.2. The molecular formula is C9H18O4. The molecule has 0 saturated heterocycles. The zero-order chi connectivity index (χ0) is 10.3. The molecule has 13 heavy (non-hydrogen) atoms. The van der Waals surface area contributed by atoms with E-state index in [1.54, 1.807) is 6.92 Å². The third-order valence-corrected chi connectivity index (χ3v) is 1.76. The van der Waals surface area contributed by atoms with Crippen molar-refractivity contribution in [3.05, 3.63) is 0 Å². The molecule has 0 heterocycles. The molecule has 0 fully saturated rings. The fourth-order valence-electron chi connectivity index (χ4n) is 1.19. The lowest BCUT2D eigenvalue weighted by Crippen LogP contribution is -2.30. The number of carboxylic acid groups (broad SMARTS) is 1. The van der Waals surface area contributed by atoms with Crippen molar-refractivity contribution in [1.29, 1.82) is 0 Å². The molecule has 4 heteroatoms. The first kappa shape index (κ1) is 12.2. The molecule has 0 aliphatic heterocycles. The Hall–Kier alpha value is -0.770. The smallest absolute Gasteiger partial charge is 0.450 e. The largest absolute Gasteiger partial charge is 0.506 e. The van der Waals surface area contributed by atoms with Gasteiger partial charge < -0.3 is 14.6 Å². The van der Waals surface area contributed by atoms with Gasteiger partial charge in [0.25, 0.3) is 0 Å². The van der Waals surface area contributed by atoms with Crippen LogP contribution >= 0.6 is 0 Å². The molecule has 0 aliphatic carbocycles. The van der Waals surface area contributed by atoms with Gasteiger partial charge in [0.1, 0.15) is 6.10 Å². The molecule has 0 aromatic heterocycles. The van der Waals surface area contributed by atoms with E-state index in [1.807, 2.05) is 13.8 Å². The molecule has 0 rings (SSSR count). The van der Waals surface area contributed by atoms with Crippen LogP contribution in [0.4, 0.5) is 4.79 Å². The van der Waals surface area contributed by atoms with Gasteiger partial charge in [-0.1, -0.05) is 13.3 Å². The van der Waals surface area contributed by atoms with Crippen LogP contribution in [0, 0.1) is 0 Å². The maximum absolute atomic E-state index is 10.2. The Balaban J connectivity index is 3.93. The fourth-order valence-corrected chi connectivity index (χ4v) is 1.19. The highest BCUT2D eigenvalue weighted by Gasteiger charge is 2.19. The summed E-state index contributed by atoms with van der Waals surface area (Å²) in [5.41, 5.74) is 0. The molecular weight excluding hydrogens is 172 g/mol. The molecule has 0 radical (unpaired) electrons. The zero-order valence-corrected chi connectivity index (χ0v) is 8.45. The second-order valence-electron chi connectivity index (χ2n) is 2.87. The first-order chi connectivity index (χ1) is 6.11. The topological polar surface area (TPSA) is 55.8 Å². The summed E-state index contributed by atoms with van der Waals surface area (Å²) in [5, 5.41) is 8.39. The summed E-state index contributed by atoms with van der Waals surface area (Å²) < 4.78 is 9.97. The molecule has 0 aliphatic rings. The Morgan fingerprint density at radius 1 is 1.46 bits per heavy atom. The van der Waals surface area contributed by atoms with Crippen molar-refractivity contribution >= 4 is 6.16 Å². The first-order valence-corrected chi connectivity index (χ1v) is 4.63. The van der Waals surface area contributed by atoms with Gasteiger partial charge in [-0.05, 0) is 20.3 Å². The quantitative estimate of drug-likeness (QED) is 0.653. The van der Waals surface area contributed by atoms with E-state index in [2.05, 4.69) is 4.74 Å². The lowest BCUT2D eigenvalue weighted by atomic mass is 10.1. The van der Waals surface area contributed by atoms with Crippen LogP contribution in [0.2, 0.25) is 0 Å². The SMILES string of the molecule is CCCC(OCC)C(C)OC(=O)O. The number of rotatable bonds is 6. The van der Waals surface area contributed by atoms with Crippen LogP contribution in [0.25, 0.3) is 0 Å². The highest BCUT2D eigenvalue weighted by molar-refractivity contribution is 5.57. The summed E-state index contributed by atoms with van der Waals surface area (Å²) in [6, 6.07) is 0. The number of hydrogen-bond acceptors (Lipinski definition) is 3. The second-order valence-corrected chi connectivity index (χ2v) is 2.87. The van der Waals surface area contributed by atoms with E-state index in [9.17, 15) is 4.79 Å². The molecule has 0 bridgehead atoms. The molecule has 0 aromatic rings. The van der Waals surface area contributed by atoms with E-state index >= 15 is 0 Å². The van der Waals surface area contributed by atoms with Crippen molar-refractivity contribution in [2.45, 2.75) is 45.8 Å². The third kappa shape index (κ3) is 5.47. The normalized spacial score (nSPS) is 15.0. The van der Waals surface area contributed by atoms with E-state index in [1.165, 1.54) is 0 Å². The monoisotopic (exact) mass is 190 g/mol. The van der Waals surface area contributed by atoms with E-state index in [0.717, 1.165) is 12.8 Å². The Labute approximate surface area is 78.8 Å². The summed E-state index contributed by atoms with van der Waals surface area (Å²) in [5.74, 6) is 0. The Morgan fingerprint density at radius 2 is 2.08 bits per heavy atom. The minimum Gasteiger partial charge on any atom is -0.450 e. The summed E-state index contributed by atoms with van der Waals surface area (Å²) in [6.07, 6.45) is 0.0251. The number of ether oxygens (including phenoxy) is 2. The van der Waals surface area contributed by atoms with Crippen LogP contribution in [0.15, 0.2) is 0 Å². The predicted octanol–water partition coefficient (Wildman–Crippen LogP) is 2.27. The average molecular weight is 190 g/mol. The van der Waals surface area contributed by atoms with Gasteiger partial charge >= 0.3 is 6.16 Å². The summed E-state index contributed by atoms with van der Waals surface area (Å²) >= 11 is 0. The van der Waals surface area contributed by atoms with Gasteiger partial charge in [0.2, 0.25) is 0 Å². The first-order valence-electron chi connectivity index (χ1n) is 4.63. The lowest BCUT2D eigenvalue weighted by molar-refractivity contribution is -0.0485. The maximum Gasteiger partial charge on any atom is 0.506 e. The van der Waals surface area contributed by atoms with Gasteiger partial charge in [-0.3, -0.25) is 0 Å². The van der Waals surface area contributed by atoms with Crippen molar-refractivity contribution in [2.24, 2.45) is 0 Å². The second kappa shape index (κ2) is 6.71. The molecule has 2 unspecified atom stereocenters. The summed E-state index contributed by atoms with van der Waals surface area (Å²) in [7, 11) is 0. The summed E-state index contributed by atoms with van der Waals surface area (Å²) in [4.78, 5) is 10.2. The Bertz CT molecular complexity index is 141. The van der Waals surface area contributed by atoms with Crippen molar-refractivity contribution < 1.29 is 19.4 Å². The van der Waals surface area contributed by atoms with Crippen molar-refractivity contribution in [3.63, 3.8) is 0 Å². The Morgan fingerprint density at radius 3 is 2.46 bits per heavy atom. The van der Waals surface area contributed by atoms with Gasteiger partial charge in [0.15, 0.2) is 0 Å². The van der Waals surface area contributed by atoms with Crippen LogP contribution in [0.3, 0.4) is 0 Å². The van der Waals surface area contributed by atoms with Crippen LogP contribution in [-0.2, 0) is 9.47 Å². The third-order valence-electron chi connectivity index (χ3n) is 1.76. The van der Waals surface area contributed by atoms with Crippen molar-refractivity contribution in [1.82, 2.24) is 0 Å². The standard InChI is InChI=1S/C9H18O4/c1-4-6-8(12-5-2)7(3)13-9(10)11/h7-8H,4-6H2,1-3H3,(H,10,11). The highest BCUT2D eigenvalue weighted by Crippen LogP contribution is 2.10. The van der Waals surface area contributed by atoms with Crippen molar-refractivity contribution in [2.75, 3.05) is 6.61 Å². The van der Waals surface area contributed by atoms with E-state index in [4.69, 9.17) is 9.84 Å². The predicted molar refractivity (Wildman–Crippen MR) is 48.9 cm³/mol. The van der Waals surface area contributed by atoms with Gasteiger partial charge in [-0.15, -0.1) is 0 Å². The van der Waals surface area contributed by atoms with Crippen LogP contribution in [0.1, 0.15) is 33.6 Å². The number of carbonyl (C=O) groups is 1. The van der Waals surface area contributed by atoms with Crippen LogP contribution < -0.4 is 0 Å². The van der Waals surface area contributed by atoms with Gasteiger partial charge in [-0.2, -0.15) is 0 Å². The number of hydrogen-bond donors (Lipinski definition) is 1. The van der Waals surface area contributed by atoms with Crippen molar-refractivity contribution in [3.8, 4) is 0 Å². The average Bonchev–Trinajstić information content (AvgIpc) is 2.02. The molecule has 78 valence electrons. The van der Waals surface area contributed by atoms with E-state index in [-0.39, 0.29) is 6.10 Å². The minimum absolute atomic E-state index is 0.119. The molecule has 0 spiro atoms. The Kier molecular flexibility index (Phi) is 6.32. The molecule has 0 amide bonds. The van der Waals surface area contributed by atoms with E-state index < -0.39 is 12.3 Å². The fraction of sp³-hybridized carbons (Fsp3) is 0.889. The molecule has 4 nitrogen and oxygen atoms in total. The van der Waals surface area contributed by atoms with Gasteiger partial charge in [0, 0.05) is 6.61 Å². The molecule has 0 saturated carbocycles. The lowest BCUT2D eigenvalue weighted by Gasteiger charge is -2.22. The molecule has 2 atom stereocenters. The minimum atomic E-state index is -1.24. The zero-order valence-electron chi connectivity index (χ0n) is 8.45. The van der Waals surface area contributed by atoms with Crippen LogP contribution in [0.5, 0.6) is 0 Å². The van der Waals surface area contributed by atoms with Gasteiger partial charge in [-0.25, -0.2) is 4.79 Å². The highest BCUT2D eigenvalue weighted by atomic mass is 16.7.